The highest BCUT2D eigenvalue weighted by Crippen LogP contribution is 2.34. The number of hydrogen-bond donors (Lipinski definition) is 0. The number of rotatable bonds is 3. The molecule has 1 fully saturated rings. The first-order valence-corrected chi connectivity index (χ1v) is 5.40. The molecular weight excluding hydrogens is 164 g/mol. The van der Waals surface area contributed by atoms with E-state index >= 15 is 0 Å². The van der Waals surface area contributed by atoms with Crippen molar-refractivity contribution in [2.45, 2.75) is 64.8 Å². The molecular formula is C11H21O2. The van der Waals surface area contributed by atoms with Gasteiger partial charge in [-0.1, -0.05) is 19.3 Å². The summed E-state index contributed by atoms with van der Waals surface area (Å²) in [4.78, 5) is 0. The van der Waals surface area contributed by atoms with E-state index in [0.29, 0.717) is 0 Å². The molecule has 0 bridgehead atoms. The van der Waals surface area contributed by atoms with Gasteiger partial charge >= 0.3 is 0 Å². The lowest BCUT2D eigenvalue weighted by atomic mass is 9.84. The Kier molecular flexibility index (Phi) is 3.74. The summed E-state index contributed by atoms with van der Waals surface area (Å²) in [6.07, 6.45) is 5.83. The highest BCUT2D eigenvalue weighted by Gasteiger charge is 2.36. The van der Waals surface area contributed by atoms with Crippen LogP contribution in [-0.2, 0) is 9.84 Å². The molecule has 1 radical (unpaired) electrons. The van der Waals surface area contributed by atoms with Gasteiger partial charge in [-0.2, -0.15) is 5.11 Å². The van der Waals surface area contributed by atoms with Crippen molar-refractivity contribution in [3.63, 3.8) is 0 Å². The summed E-state index contributed by atoms with van der Waals surface area (Å²) in [6, 6.07) is 0. The molecule has 1 saturated carbocycles. The molecule has 0 saturated heterocycles. The highest BCUT2D eigenvalue weighted by atomic mass is 16.6. The predicted molar refractivity (Wildman–Crippen MR) is 51.9 cm³/mol. The lowest BCUT2D eigenvalue weighted by Crippen LogP contribution is -2.39. The van der Waals surface area contributed by atoms with Crippen molar-refractivity contribution in [2.75, 3.05) is 0 Å². The first kappa shape index (κ1) is 11.0. The fourth-order valence-electron chi connectivity index (χ4n) is 2.19. The molecule has 1 rings (SSSR count). The molecule has 0 heterocycles. The molecule has 0 aliphatic heterocycles. The monoisotopic (exact) mass is 185 g/mol. The molecule has 2 heteroatoms. The molecule has 2 nitrogen and oxygen atoms in total. The molecule has 0 spiro atoms. The van der Waals surface area contributed by atoms with Crippen molar-refractivity contribution in [1.29, 1.82) is 0 Å². The molecule has 0 amide bonds. The second kappa shape index (κ2) is 4.43. The Balaban J connectivity index is 2.45. The molecule has 1 aliphatic rings. The van der Waals surface area contributed by atoms with E-state index in [1.807, 2.05) is 13.8 Å². The first-order valence-electron chi connectivity index (χ1n) is 5.40. The van der Waals surface area contributed by atoms with Crippen LogP contribution in [0.3, 0.4) is 0 Å². The Morgan fingerprint density at radius 2 is 1.77 bits per heavy atom. The van der Waals surface area contributed by atoms with Gasteiger partial charge < -0.3 is 4.74 Å². The average Bonchev–Trinajstić information content (AvgIpc) is 2.04. The van der Waals surface area contributed by atoms with E-state index in [9.17, 15) is 5.11 Å². The van der Waals surface area contributed by atoms with E-state index < -0.39 is 5.79 Å². The van der Waals surface area contributed by atoms with Crippen LogP contribution in [0.4, 0.5) is 0 Å². The van der Waals surface area contributed by atoms with E-state index in [1.165, 1.54) is 19.3 Å². The van der Waals surface area contributed by atoms with Gasteiger partial charge in [-0.05, 0) is 33.6 Å². The van der Waals surface area contributed by atoms with Gasteiger partial charge in [0.1, 0.15) is 0 Å². The van der Waals surface area contributed by atoms with Crippen LogP contribution in [0.25, 0.3) is 0 Å². The maximum absolute atomic E-state index is 12.0. The second-order valence-electron chi connectivity index (χ2n) is 4.52. The maximum Gasteiger partial charge on any atom is 0.201 e. The fourth-order valence-corrected chi connectivity index (χ4v) is 2.19. The molecule has 1 unspecified atom stereocenters. The van der Waals surface area contributed by atoms with Crippen LogP contribution in [0.15, 0.2) is 0 Å². The van der Waals surface area contributed by atoms with Crippen LogP contribution in [0, 0.1) is 5.92 Å². The number of ether oxygens (including phenoxy) is 1. The topological polar surface area (TPSA) is 29.1 Å². The van der Waals surface area contributed by atoms with Crippen molar-refractivity contribution in [1.82, 2.24) is 0 Å². The van der Waals surface area contributed by atoms with Crippen molar-refractivity contribution in [3.05, 3.63) is 0 Å². The van der Waals surface area contributed by atoms with Gasteiger partial charge in [0, 0.05) is 5.92 Å². The summed E-state index contributed by atoms with van der Waals surface area (Å²) in [6.45, 7) is 5.56. The summed E-state index contributed by atoms with van der Waals surface area (Å²) < 4.78 is 5.42. The Hall–Kier alpha value is -0.0800. The van der Waals surface area contributed by atoms with E-state index in [2.05, 4.69) is 0 Å². The molecule has 0 N–H and O–H groups in total. The quantitative estimate of drug-likeness (QED) is 0.621. The summed E-state index contributed by atoms with van der Waals surface area (Å²) in [7, 11) is 0. The van der Waals surface area contributed by atoms with Crippen LogP contribution >= 0.6 is 0 Å². The Morgan fingerprint density at radius 3 is 2.23 bits per heavy atom. The fraction of sp³-hybridized carbons (Fsp3) is 1.00. The molecule has 0 aromatic carbocycles. The summed E-state index contributed by atoms with van der Waals surface area (Å²) in [5.41, 5.74) is 0. The zero-order chi connectivity index (χ0) is 9.90. The maximum atomic E-state index is 12.0. The van der Waals surface area contributed by atoms with Gasteiger partial charge in [0.25, 0.3) is 0 Å². The lowest BCUT2D eigenvalue weighted by molar-refractivity contribution is -0.279. The Morgan fingerprint density at radius 1 is 1.23 bits per heavy atom. The van der Waals surface area contributed by atoms with Crippen LogP contribution in [-0.4, -0.2) is 11.9 Å². The van der Waals surface area contributed by atoms with Gasteiger partial charge in [0.15, 0.2) is 0 Å². The number of hydrogen-bond acceptors (Lipinski definition) is 1. The average molecular weight is 185 g/mol. The Bertz CT molecular complexity index is 146. The molecule has 1 aliphatic carbocycles. The second-order valence-corrected chi connectivity index (χ2v) is 4.52. The first-order chi connectivity index (χ1) is 6.02. The third-order valence-corrected chi connectivity index (χ3v) is 2.82. The smallest absolute Gasteiger partial charge is 0.201 e. The normalized spacial score (nSPS) is 24.7. The SMILES string of the molecule is CC(C)OC(C)([O])C1CCCCC1. The van der Waals surface area contributed by atoms with Gasteiger partial charge in [-0.25, -0.2) is 0 Å². The zero-order valence-electron chi connectivity index (χ0n) is 9.01. The standard InChI is InChI=1S/C11H21O2/c1-9(2)13-11(3,12)10-7-5-4-6-8-10/h9-10H,4-8H2,1-3H3. The van der Waals surface area contributed by atoms with Gasteiger partial charge in [-0.15, -0.1) is 0 Å². The lowest BCUT2D eigenvalue weighted by Gasteiger charge is -2.34. The minimum atomic E-state index is -1.16. The molecule has 77 valence electrons. The van der Waals surface area contributed by atoms with Crippen LogP contribution in [0.5, 0.6) is 0 Å². The molecule has 0 aromatic rings. The van der Waals surface area contributed by atoms with Gasteiger partial charge in [0.2, 0.25) is 5.79 Å². The molecule has 1 atom stereocenters. The van der Waals surface area contributed by atoms with Crippen LogP contribution in [0.2, 0.25) is 0 Å². The zero-order valence-corrected chi connectivity index (χ0v) is 9.01. The highest BCUT2D eigenvalue weighted by molar-refractivity contribution is 4.77. The van der Waals surface area contributed by atoms with E-state index in [4.69, 9.17) is 4.74 Å². The summed E-state index contributed by atoms with van der Waals surface area (Å²) in [5.74, 6) is -0.933. The van der Waals surface area contributed by atoms with Crippen molar-refractivity contribution in [2.24, 2.45) is 5.92 Å². The summed E-state index contributed by atoms with van der Waals surface area (Å²) in [5, 5.41) is 12.0. The third-order valence-electron chi connectivity index (χ3n) is 2.82. The van der Waals surface area contributed by atoms with E-state index in [-0.39, 0.29) is 12.0 Å². The van der Waals surface area contributed by atoms with Crippen molar-refractivity contribution >= 4 is 0 Å². The minimum absolute atomic E-state index is 0.0458. The van der Waals surface area contributed by atoms with Crippen LogP contribution < -0.4 is 0 Å². The van der Waals surface area contributed by atoms with Crippen LogP contribution in [0.1, 0.15) is 52.9 Å². The van der Waals surface area contributed by atoms with E-state index in [1.54, 1.807) is 6.92 Å². The molecule has 0 aromatic heterocycles. The van der Waals surface area contributed by atoms with E-state index in [0.717, 1.165) is 12.8 Å². The predicted octanol–water partition coefficient (Wildman–Crippen LogP) is 3.14. The van der Waals surface area contributed by atoms with Crippen molar-refractivity contribution < 1.29 is 9.84 Å². The minimum Gasteiger partial charge on any atom is -0.345 e. The Labute approximate surface area is 81.3 Å². The summed E-state index contributed by atoms with van der Waals surface area (Å²) >= 11 is 0. The third kappa shape index (κ3) is 3.28. The van der Waals surface area contributed by atoms with Crippen molar-refractivity contribution in [3.8, 4) is 0 Å². The van der Waals surface area contributed by atoms with Gasteiger partial charge in [-0.3, -0.25) is 0 Å². The largest absolute Gasteiger partial charge is 0.345 e. The van der Waals surface area contributed by atoms with Gasteiger partial charge in [0.05, 0.1) is 6.10 Å². The molecule has 13 heavy (non-hydrogen) atoms.